The van der Waals surface area contributed by atoms with Gasteiger partial charge in [0.05, 0.1) is 0 Å². The average molecular weight is 306 g/mol. The molecule has 0 aliphatic heterocycles. The fourth-order valence-electron chi connectivity index (χ4n) is 2.53. The zero-order valence-corrected chi connectivity index (χ0v) is 13.3. The van der Waals surface area contributed by atoms with E-state index < -0.39 is 12.1 Å². The zero-order valence-electron chi connectivity index (χ0n) is 13.3. The number of rotatable bonds is 9. The SMILES string of the molecule is CC(C)C[C@H](CC(N)=O)CC(=O)OC(N)Cc1ccccc1. The van der Waals surface area contributed by atoms with Crippen molar-refractivity contribution in [1.29, 1.82) is 0 Å². The largest absolute Gasteiger partial charge is 0.446 e. The Labute approximate surface area is 132 Å². The zero-order chi connectivity index (χ0) is 16.5. The second-order valence-corrected chi connectivity index (χ2v) is 6.09. The summed E-state index contributed by atoms with van der Waals surface area (Å²) in [6, 6.07) is 9.61. The van der Waals surface area contributed by atoms with Crippen LogP contribution < -0.4 is 11.5 Å². The van der Waals surface area contributed by atoms with E-state index in [1.807, 2.05) is 44.2 Å². The normalized spacial score (nSPS) is 13.6. The molecule has 0 aromatic heterocycles. The molecule has 0 radical (unpaired) electrons. The lowest BCUT2D eigenvalue weighted by molar-refractivity contribution is -0.150. The minimum absolute atomic E-state index is 0.0890. The number of primary amides is 1. The summed E-state index contributed by atoms with van der Waals surface area (Å²) in [4.78, 5) is 23.0. The maximum Gasteiger partial charge on any atom is 0.307 e. The summed E-state index contributed by atoms with van der Waals surface area (Å²) in [5, 5.41) is 0. The van der Waals surface area contributed by atoms with Gasteiger partial charge in [0.25, 0.3) is 0 Å². The molecule has 2 atom stereocenters. The Kier molecular flexibility index (Phi) is 7.60. The molecule has 4 N–H and O–H groups in total. The number of ether oxygens (including phenoxy) is 1. The number of benzene rings is 1. The van der Waals surface area contributed by atoms with Gasteiger partial charge in [0.1, 0.15) is 0 Å². The highest BCUT2D eigenvalue weighted by atomic mass is 16.6. The minimum Gasteiger partial charge on any atom is -0.446 e. The third-order valence-electron chi connectivity index (χ3n) is 3.31. The molecular formula is C17H26N2O3. The van der Waals surface area contributed by atoms with Crippen LogP contribution in [0.3, 0.4) is 0 Å². The van der Waals surface area contributed by atoms with Crippen LogP contribution in [0.5, 0.6) is 0 Å². The van der Waals surface area contributed by atoms with Crippen LogP contribution in [0.25, 0.3) is 0 Å². The van der Waals surface area contributed by atoms with Crippen LogP contribution in [0.2, 0.25) is 0 Å². The third-order valence-corrected chi connectivity index (χ3v) is 3.31. The standard InChI is InChI=1S/C17H26N2O3/c1-12(2)8-14(9-15(18)20)11-17(21)22-16(19)10-13-6-4-3-5-7-13/h3-7,12,14,16H,8-11,19H2,1-2H3,(H2,18,20)/t14-,16?/m1/s1. The van der Waals surface area contributed by atoms with E-state index in [-0.39, 0.29) is 24.7 Å². The predicted molar refractivity (Wildman–Crippen MR) is 85.6 cm³/mol. The number of carbonyl (C=O) groups is 2. The van der Waals surface area contributed by atoms with Gasteiger partial charge in [-0.1, -0.05) is 44.2 Å². The van der Waals surface area contributed by atoms with Gasteiger partial charge in [0.2, 0.25) is 5.91 Å². The molecule has 0 aliphatic rings. The van der Waals surface area contributed by atoms with Crippen LogP contribution >= 0.6 is 0 Å². The molecule has 0 saturated heterocycles. The fourth-order valence-corrected chi connectivity index (χ4v) is 2.53. The van der Waals surface area contributed by atoms with Gasteiger partial charge in [0, 0.05) is 19.3 Å². The van der Waals surface area contributed by atoms with Crippen LogP contribution in [-0.2, 0) is 20.7 Å². The highest BCUT2D eigenvalue weighted by molar-refractivity contribution is 5.75. The van der Waals surface area contributed by atoms with Gasteiger partial charge in [-0.15, -0.1) is 0 Å². The Morgan fingerprint density at radius 2 is 1.77 bits per heavy atom. The maximum absolute atomic E-state index is 12.0. The molecular weight excluding hydrogens is 280 g/mol. The van der Waals surface area contributed by atoms with Crippen molar-refractivity contribution in [2.24, 2.45) is 23.3 Å². The Morgan fingerprint density at radius 1 is 1.14 bits per heavy atom. The molecule has 0 saturated carbocycles. The molecule has 5 nitrogen and oxygen atoms in total. The second kappa shape index (κ2) is 9.20. The van der Waals surface area contributed by atoms with Crippen LogP contribution in [0, 0.1) is 11.8 Å². The van der Waals surface area contributed by atoms with Crippen LogP contribution in [0.15, 0.2) is 30.3 Å². The lowest BCUT2D eigenvalue weighted by atomic mass is 9.91. The molecule has 22 heavy (non-hydrogen) atoms. The number of hydrogen-bond acceptors (Lipinski definition) is 4. The van der Waals surface area contributed by atoms with E-state index in [1.165, 1.54) is 0 Å². The van der Waals surface area contributed by atoms with Crippen molar-refractivity contribution >= 4 is 11.9 Å². The van der Waals surface area contributed by atoms with Gasteiger partial charge < -0.3 is 10.5 Å². The quantitative estimate of drug-likeness (QED) is 0.538. The summed E-state index contributed by atoms with van der Waals surface area (Å²) in [6.45, 7) is 4.08. The molecule has 1 unspecified atom stereocenters. The minimum atomic E-state index is -0.678. The first kappa shape index (κ1) is 18.2. The molecule has 5 heteroatoms. The molecule has 1 amide bonds. The number of esters is 1. The van der Waals surface area contributed by atoms with Crippen molar-refractivity contribution in [3.05, 3.63) is 35.9 Å². The molecule has 1 aromatic carbocycles. The van der Waals surface area contributed by atoms with Crippen molar-refractivity contribution in [2.45, 2.75) is 45.8 Å². The monoisotopic (exact) mass is 306 g/mol. The van der Waals surface area contributed by atoms with E-state index in [2.05, 4.69) is 0 Å². The summed E-state index contributed by atoms with van der Waals surface area (Å²) >= 11 is 0. The Balaban J connectivity index is 2.46. The lowest BCUT2D eigenvalue weighted by Gasteiger charge is -2.19. The van der Waals surface area contributed by atoms with Crippen LogP contribution in [-0.4, -0.2) is 18.1 Å². The first-order chi connectivity index (χ1) is 10.4. The van der Waals surface area contributed by atoms with Gasteiger partial charge in [0.15, 0.2) is 6.23 Å². The van der Waals surface area contributed by atoms with Gasteiger partial charge >= 0.3 is 5.97 Å². The number of amides is 1. The first-order valence-corrected chi connectivity index (χ1v) is 7.64. The number of nitrogens with two attached hydrogens (primary N) is 2. The average Bonchev–Trinajstić information content (AvgIpc) is 2.37. The van der Waals surface area contributed by atoms with E-state index in [4.69, 9.17) is 16.2 Å². The fraction of sp³-hybridized carbons (Fsp3) is 0.529. The van der Waals surface area contributed by atoms with Crippen molar-refractivity contribution in [2.75, 3.05) is 0 Å². The van der Waals surface area contributed by atoms with Crippen LogP contribution in [0.1, 0.15) is 38.7 Å². The highest BCUT2D eigenvalue weighted by Gasteiger charge is 2.20. The van der Waals surface area contributed by atoms with E-state index in [9.17, 15) is 9.59 Å². The van der Waals surface area contributed by atoms with E-state index in [0.29, 0.717) is 12.3 Å². The highest BCUT2D eigenvalue weighted by Crippen LogP contribution is 2.20. The Bertz CT molecular complexity index is 474. The summed E-state index contributed by atoms with van der Waals surface area (Å²) in [5.74, 6) is -0.480. The van der Waals surface area contributed by atoms with Gasteiger partial charge in [-0.3, -0.25) is 15.3 Å². The van der Waals surface area contributed by atoms with Crippen molar-refractivity contribution in [1.82, 2.24) is 0 Å². The van der Waals surface area contributed by atoms with Crippen molar-refractivity contribution in [3.63, 3.8) is 0 Å². The Morgan fingerprint density at radius 3 is 2.32 bits per heavy atom. The summed E-state index contributed by atoms with van der Waals surface area (Å²) < 4.78 is 5.23. The number of hydrogen-bond donors (Lipinski definition) is 2. The smallest absolute Gasteiger partial charge is 0.307 e. The predicted octanol–water partition coefficient (Wildman–Crippen LogP) is 1.98. The second-order valence-electron chi connectivity index (χ2n) is 6.09. The van der Waals surface area contributed by atoms with E-state index >= 15 is 0 Å². The maximum atomic E-state index is 12.0. The van der Waals surface area contributed by atoms with Crippen molar-refractivity contribution in [3.8, 4) is 0 Å². The summed E-state index contributed by atoms with van der Waals surface area (Å²) in [5.41, 5.74) is 12.1. The molecule has 0 bridgehead atoms. The lowest BCUT2D eigenvalue weighted by Crippen LogP contribution is -2.31. The molecule has 0 heterocycles. The van der Waals surface area contributed by atoms with Gasteiger partial charge in [-0.2, -0.15) is 0 Å². The van der Waals surface area contributed by atoms with E-state index in [1.54, 1.807) is 0 Å². The molecule has 0 aliphatic carbocycles. The summed E-state index contributed by atoms with van der Waals surface area (Å²) in [7, 11) is 0. The Hall–Kier alpha value is -1.88. The first-order valence-electron chi connectivity index (χ1n) is 7.64. The molecule has 0 fully saturated rings. The molecule has 1 aromatic rings. The summed E-state index contributed by atoms with van der Waals surface area (Å²) in [6.07, 6.45) is 0.914. The van der Waals surface area contributed by atoms with Crippen LogP contribution in [0.4, 0.5) is 0 Å². The third kappa shape index (κ3) is 7.78. The molecule has 122 valence electrons. The van der Waals surface area contributed by atoms with E-state index in [0.717, 1.165) is 12.0 Å². The topological polar surface area (TPSA) is 95.4 Å². The molecule has 1 rings (SSSR count). The molecule has 0 spiro atoms. The van der Waals surface area contributed by atoms with Gasteiger partial charge in [-0.05, 0) is 23.8 Å². The van der Waals surface area contributed by atoms with Gasteiger partial charge in [-0.25, -0.2) is 0 Å². The van der Waals surface area contributed by atoms with Crippen molar-refractivity contribution < 1.29 is 14.3 Å². The number of carbonyl (C=O) groups excluding carboxylic acids is 2.